The van der Waals surface area contributed by atoms with Crippen LogP contribution in [0.5, 0.6) is 0 Å². The molecule has 5 nitrogen and oxygen atoms in total. The van der Waals surface area contributed by atoms with Crippen molar-refractivity contribution in [3.8, 4) is 0 Å². The Morgan fingerprint density at radius 1 is 1.20 bits per heavy atom. The number of aromatic nitrogens is 2. The molecule has 2 N–H and O–H groups in total. The Morgan fingerprint density at radius 2 is 1.95 bits per heavy atom. The zero-order valence-corrected chi connectivity index (χ0v) is 10.6. The number of carbonyl (C=O) groups excluding carboxylic acids is 1. The van der Waals surface area contributed by atoms with Crippen molar-refractivity contribution in [3.05, 3.63) is 60.6 Å². The first-order valence-electron chi connectivity index (χ1n) is 5.94. The van der Waals surface area contributed by atoms with Gasteiger partial charge < -0.3 is 10.6 Å². The topological polar surface area (TPSA) is 66.9 Å². The Balaban J connectivity index is 2.02. The van der Waals surface area contributed by atoms with Crippen molar-refractivity contribution in [3.63, 3.8) is 0 Å². The van der Waals surface area contributed by atoms with Crippen molar-refractivity contribution < 1.29 is 9.18 Å². The highest BCUT2D eigenvalue weighted by Gasteiger charge is 2.06. The maximum Gasteiger partial charge on any atom is 0.272 e. The highest BCUT2D eigenvalue weighted by atomic mass is 19.1. The van der Waals surface area contributed by atoms with E-state index in [9.17, 15) is 9.18 Å². The summed E-state index contributed by atoms with van der Waals surface area (Å²) in [5.41, 5.74) is 0.904. The monoisotopic (exact) mass is 272 g/mol. The number of anilines is 2. The summed E-state index contributed by atoms with van der Waals surface area (Å²) in [7, 11) is 0. The van der Waals surface area contributed by atoms with Crippen LogP contribution in [0.4, 0.5) is 15.9 Å². The van der Waals surface area contributed by atoms with E-state index in [1.165, 1.54) is 12.1 Å². The molecule has 0 bridgehead atoms. The van der Waals surface area contributed by atoms with Crippen molar-refractivity contribution >= 4 is 17.4 Å². The smallest absolute Gasteiger partial charge is 0.272 e. The summed E-state index contributed by atoms with van der Waals surface area (Å²) in [6.45, 7) is 3.88. The van der Waals surface area contributed by atoms with E-state index in [1.54, 1.807) is 30.3 Å². The maximum absolute atomic E-state index is 12.8. The second-order valence-corrected chi connectivity index (χ2v) is 3.93. The first-order chi connectivity index (χ1) is 9.69. The summed E-state index contributed by atoms with van der Waals surface area (Å²) < 4.78 is 12.8. The molecule has 102 valence electrons. The Labute approximate surface area is 115 Å². The number of rotatable bonds is 5. The molecule has 1 aromatic heterocycles. The van der Waals surface area contributed by atoms with Gasteiger partial charge in [-0.15, -0.1) is 16.8 Å². The molecule has 1 aromatic carbocycles. The third kappa shape index (κ3) is 3.61. The van der Waals surface area contributed by atoms with Crippen molar-refractivity contribution in [1.82, 2.24) is 15.5 Å². The molecule has 0 fully saturated rings. The predicted molar refractivity (Wildman–Crippen MR) is 74.2 cm³/mol. The Kier molecular flexibility index (Phi) is 4.39. The molecule has 0 aliphatic carbocycles. The van der Waals surface area contributed by atoms with Crippen molar-refractivity contribution in [1.29, 1.82) is 0 Å². The van der Waals surface area contributed by atoms with E-state index in [0.29, 0.717) is 18.1 Å². The van der Waals surface area contributed by atoms with E-state index in [0.717, 1.165) is 0 Å². The number of benzene rings is 1. The molecule has 0 atom stereocenters. The van der Waals surface area contributed by atoms with Gasteiger partial charge >= 0.3 is 0 Å². The van der Waals surface area contributed by atoms with E-state index in [4.69, 9.17) is 0 Å². The first-order valence-corrected chi connectivity index (χ1v) is 5.94. The molecular formula is C14H13FN4O. The number of hydrogen-bond donors (Lipinski definition) is 2. The van der Waals surface area contributed by atoms with Crippen LogP contribution in [-0.4, -0.2) is 22.6 Å². The Bertz CT molecular complexity index is 596. The second-order valence-electron chi connectivity index (χ2n) is 3.93. The van der Waals surface area contributed by atoms with Gasteiger partial charge in [-0.25, -0.2) is 4.39 Å². The van der Waals surface area contributed by atoms with Crippen LogP contribution in [0.15, 0.2) is 49.1 Å². The van der Waals surface area contributed by atoms with Crippen LogP contribution in [0.25, 0.3) is 0 Å². The molecule has 1 amide bonds. The third-order valence-electron chi connectivity index (χ3n) is 2.42. The van der Waals surface area contributed by atoms with E-state index in [-0.39, 0.29) is 17.4 Å². The molecule has 2 aromatic rings. The van der Waals surface area contributed by atoms with Crippen molar-refractivity contribution in [2.75, 3.05) is 11.9 Å². The highest BCUT2D eigenvalue weighted by molar-refractivity contribution is 5.92. The Morgan fingerprint density at radius 3 is 2.55 bits per heavy atom. The lowest BCUT2D eigenvalue weighted by Gasteiger charge is -2.05. The summed E-state index contributed by atoms with van der Waals surface area (Å²) in [4.78, 5) is 11.6. The summed E-state index contributed by atoms with van der Waals surface area (Å²) in [6.07, 6.45) is 1.58. The molecule has 2 rings (SSSR count). The second kappa shape index (κ2) is 6.42. The van der Waals surface area contributed by atoms with Crippen molar-refractivity contribution in [2.45, 2.75) is 0 Å². The van der Waals surface area contributed by atoms with Crippen LogP contribution < -0.4 is 10.6 Å². The largest absolute Gasteiger partial charge is 0.347 e. The van der Waals surface area contributed by atoms with Gasteiger partial charge in [0, 0.05) is 12.2 Å². The minimum atomic E-state index is -0.314. The fourth-order valence-corrected chi connectivity index (χ4v) is 1.46. The maximum atomic E-state index is 12.8. The Hall–Kier alpha value is -2.76. The zero-order chi connectivity index (χ0) is 14.4. The van der Waals surface area contributed by atoms with Crippen LogP contribution in [0.2, 0.25) is 0 Å². The fourth-order valence-electron chi connectivity index (χ4n) is 1.46. The molecule has 0 aliphatic heterocycles. The lowest BCUT2D eigenvalue weighted by atomic mass is 10.3. The lowest BCUT2D eigenvalue weighted by Crippen LogP contribution is -2.24. The highest BCUT2D eigenvalue weighted by Crippen LogP contribution is 2.14. The molecule has 6 heteroatoms. The lowest BCUT2D eigenvalue weighted by molar-refractivity contribution is 0.0952. The zero-order valence-electron chi connectivity index (χ0n) is 10.6. The number of carbonyl (C=O) groups is 1. The van der Waals surface area contributed by atoms with Gasteiger partial charge in [0.15, 0.2) is 11.5 Å². The average molecular weight is 272 g/mol. The van der Waals surface area contributed by atoms with Gasteiger partial charge in [0.05, 0.1) is 0 Å². The molecule has 0 aliphatic rings. The van der Waals surface area contributed by atoms with Gasteiger partial charge in [-0.05, 0) is 36.4 Å². The molecule has 1 heterocycles. The summed E-state index contributed by atoms with van der Waals surface area (Å²) in [5.74, 6) is -0.154. The number of halogens is 1. The van der Waals surface area contributed by atoms with Crippen LogP contribution in [-0.2, 0) is 0 Å². The molecule has 0 unspecified atom stereocenters. The van der Waals surface area contributed by atoms with Crippen LogP contribution in [0.3, 0.4) is 0 Å². The standard InChI is InChI=1S/C14H13FN4O/c1-2-9-16-14(20)12-7-8-13(19-18-12)17-11-5-3-10(15)4-6-11/h2-8H,1,9H2,(H,16,20)(H,17,19). The summed E-state index contributed by atoms with van der Waals surface area (Å²) >= 11 is 0. The van der Waals surface area contributed by atoms with Gasteiger partial charge in [-0.2, -0.15) is 0 Å². The van der Waals surface area contributed by atoms with Crippen LogP contribution in [0, 0.1) is 5.82 Å². The fraction of sp³-hybridized carbons (Fsp3) is 0.0714. The summed E-state index contributed by atoms with van der Waals surface area (Å²) in [5, 5.41) is 13.3. The van der Waals surface area contributed by atoms with Gasteiger partial charge in [0.1, 0.15) is 5.82 Å². The SMILES string of the molecule is C=CCNC(=O)c1ccc(Nc2ccc(F)cc2)nn1. The summed E-state index contributed by atoms with van der Waals surface area (Å²) in [6, 6.07) is 9.03. The van der Waals surface area contributed by atoms with E-state index in [2.05, 4.69) is 27.4 Å². The van der Waals surface area contributed by atoms with E-state index < -0.39 is 0 Å². The number of nitrogens with zero attached hydrogens (tertiary/aromatic N) is 2. The molecule has 0 spiro atoms. The third-order valence-corrected chi connectivity index (χ3v) is 2.42. The molecule has 20 heavy (non-hydrogen) atoms. The van der Waals surface area contributed by atoms with Crippen LogP contribution >= 0.6 is 0 Å². The predicted octanol–water partition coefficient (Wildman–Crippen LogP) is 2.28. The van der Waals surface area contributed by atoms with E-state index in [1.807, 2.05) is 0 Å². The van der Waals surface area contributed by atoms with E-state index >= 15 is 0 Å². The first kappa shape index (κ1) is 13.7. The molecule has 0 saturated carbocycles. The molecular weight excluding hydrogens is 259 g/mol. The molecule has 0 radical (unpaired) electrons. The molecule has 0 saturated heterocycles. The number of hydrogen-bond acceptors (Lipinski definition) is 4. The van der Waals surface area contributed by atoms with Gasteiger partial charge in [-0.3, -0.25) is 4.79 Å². The van der Waals surface area contributed by atoms with Gasteiger partial charge in [0.25, 0.3) is 5.91 Å². The average Bonchev–Trinajstić information content (AvgIpc) is 2.48. The minimum absolute atomic E-state index is 0.219. The number of amides is 1. The normalized spacial score (nSPS) is 9.85. The van der Waals surface area contributed by atoms with Crippen LogP contribution in [0.1, 0.15) is 10.5 Å². The number of nitrogens with one attached hydrogen (secondary N) is 2. The van der Waals surface area contributed by atoms with Crippen molar-refractivity contribution in [2.24, 2.45) is 0 Å². The quantitative estimate of drug-likeness (QED) is 0.819. The van der Waals surface area contributed by atoms with Gasteiger partial charge in [-0.1, -0.05) is 6.08 Å². The van der Waals surface area contributed by atoms with Gasteiger partial charge in [0.2, 0.25) is 0 Å². The minimum Gasteiger partial charge on any atom is -0.347 e.